The molecular formula is C17H18N4O3. The molecule has 0 radical (unpaired) electrons. The minimum absolute atomic E-state index is 0.357. The predicted molar refractivity (Wildman–Crippen MR) is 93.1 cm³/mol. The van der Waals surface area contributed by atoms with Crippen molar-refractivity contribution in [3.8, 4) is 5.75 Å². The number of aryl methyl sites for hydroxylation is 2. The second-order valence-electron chi connectivity index (χ2n) is 5.52. The zero-order chi connectivity index (χ0) is 17.4. The Bertz CT molecular complexity index is 1070. The summed E-state index contributed by atoms with van der Waals surface area (Å²) >= 11 is 0. The molecule has 3 rings (SSSR count). The van der Waals surface area contributed by atoms with E-state index in [1.807, 2.05) is 30.3 Å². The molecule has 0 atom stereocenters. The van der Waals surface area contributed by atoms with E-state index in [2.05, 4.69) is 4.98 Å². The average Bonchev–Trinajstić information content (AvgIpc) is 2.93. The summed E-state index contributed by atoms with van der Waals surface area (Å²) in [6.07, 6.45) is 3.69. The molecule has 124 valence electrons. The maximum Gasteiger partial charge on any atom is 0.332 e. The topological polar surface area (TPSA) is 71.1 Å². The summed E-state index contributed by atoms with van der Waals surface area (Å²) in [5.41, 5.74) is 0.960. The lowest BCUT2D eigenvalue weighted by molar-refractivity contribution is 0.414. The molecule has 1 aromatic carbocycles. The molecule has 3 aromatic rings. The van der Waals surface area contributed by atoms with Crippen LogP contribution in [0.3, 0.4) is 0 Å². The van der Waals surface area contributed by atoms with Gasteiger partial charge in [-0.25, -0.2) is 9.78 Å². The quantitative estimate of drug-likeness (QED) is 0.724. The Morgan fingerprint density at radius 1 is 1.04 bits per heavy atom. The predicted octanol–water partition coefficient (Wildman–Crippen LogP) is 1.15. The summed E-state index contributed by atoms with van der Waals surface area (Å²) in [5, 5.41) is 0. The fourth-order valence-corrected chi connectivity index (χ4v) is 2.60. The number of hydrogen-bond donors (Lipinski definition) is 0. The molecule has 0 unspecified atom stereocenters. The SMILES string of the molecule is COc1cccc(C=Cc2nc3c(c(=O)n(C)c(=O)n3C)n2C)c1. The van der Waals surface area contributed by atoms with E-state index in [0.29, 0.717) is 17.0 Å². The van der Waals surface area contributed by atoms with Gasteiger partial charge in [-0.2, -0.15) is 0 Å². The van der Waals surface area contributed by atoms with E-state index >= 15 is 0 Å². The van der Waals surface area contributed by atoms with Gasteiger partial charge in [0.05, 0.1) is 7.11 Å². The highest BCUT2D eigenvalue weighted by Crippen LogP contribution is 2.16. The number of rotatable bonds is 3. The van der Waals surface area contributed by atoms with Gasteiger partial charge in [-0.05, 0) is 23.8 Å². The zero-order valence-corrected chi connectivity index (χ0v) is 14.0. The molecule has 0 bridgehead atoms. The van der Waals surface area contributed by atoms with E-state index in [4.69, 9.17) is 4.74 Å². The molecule has 7 heteroatoms. The molecule has 0 amide bonds. The lowest BCUT2D eigenvalue weighted by Gasteiger charge is -2.03. The van der Waals surface area contributed by atoms with Crippen LogP contribution in [0.4, 0.5) is 0 Å². The first kappa shape index (κ1) is 15.8. The number of methoxy groups -OCH3 is 1. The second kappa shape index (κ2) is 5.84. The Kier molecular flexibility index (Phi) is 3.84. The average molecular weight is 326 g/mol. The van der Waals surface area contributed by atoms with Gasteiger partial charge in [0.15, 0.2) is 11.2 Å². The molecule has 24 heavy (non-hydrogen) atoms. The van der Waals surface area contributed by atoms with Crippen molar-refractivity contribution in [2.45, 2.75) is 0 Å². The van der Waals surface area contributed by atoms with Crippen LogP contribution >= 0.6 is 0 Å². The van der Waals surface area contributed by atoms with Gasteiger partial charge in [0.25, 0.3) is 5.56 Å². The van der Waals surface area contributed by atoms with Crippen LogP contribution in [0.2, 0.25) is 0 Å². The molecule has 2 heterocycles. The first-order chi connectivity index (χ1) is 11.4. The fraction of sp³-hybridized carbons (Fsp3) is 0.235. The monoisotopic (exact) mass is 326 g/mol. The zero-order valence-electron chi connectivity index (χ0n) is 14.0. The number of imidazole rings is 1. The summed E-state index contributed by atoms with van der Waals surface area (Å²) < 4.78 is 9.35. The van der Waals surface area contributed by atoms with E-state index in [-0.39, 0.29) is 5.56 Å². The van der Waals surface area contributed by atoms with Gasteiger partial charge in [-0.3, -0.25) is 13.9 Å². The fourth-order valence-electron chi connectivity index (χ4n) is 2.60. The third kappa shape index (κ3) is 2.44. The van der Waals surface area contributed by atoms with E-state index in [1.54, 1.807) is 31.8 Å². The standard InChI is InChI=1S/C17H18N4O3/c1-19-13(9-8-11-6-5-7-12(10-11)24-4)18-15-14(19)16(22)21(3)17(23)20(15)2/h5-10H,1-4H3. The number of hydrogen-bond acceptors (Lipinski definition) is 4. The van der Waals surface area contributed by atoms with Crippen LogP contribution in [0, 0.1) is 0 Å². The first-order valence-corrected chi connectivity index (χ1v) is 7.38. The summed E-state index contributed by atoms with van der Waals surface area (Å²) in [7, 11) is 6.44. The third-order valence-electron chi connectivity index (χ3n) is 4.03. The van der Waals surface area contributed by atoms with Crippen molar-refractivity contribution in [3.05, 3.63) is 56.5 Å². The van der Waals surface area contributed by atoms with Crippen LogP contribution in [0.1, 0.15) is 11.4 Å². The van der Waals surface area contributed by atoms with Crippen molar-refractivity contribution in [2.75, 3.05) is 7.11 Å². The smallest absolute Gasteiger partial charge is 0.332 e. The van der Waals surface area contributed by atoms with Crippen LogP contribution in [0.25, 0.3) is 23.3 Å². The lowest BCUT2D eigenvalue weighted by atomic mass is 10.2. The minimum atomic E-state index is -0.395. The number of nitrogens with zero attached hydrogens (tertiary/aromatic N) is 4. The number of aromatic nitrogens is 4. The van der Waals surface area contributed by atoms with Crippen molar-refractivity contribution in [1.29, 1.82) is 0 Å². The van der Waals surface area contributed by atoms with E-state index in [9.17, 15) is 9.59 Å². The second-order valence-corrected chi connectivity index (χ2v) is 5.52. The molecule has 0 N–H and O–H groups in total. The maximum atomic E-state index is 12.3. The molecule has 7 nitrogen and oxygen atoms in total. The van der Waals surface area contributed by atoms with E-state index < -0.39 is 5.69 Å². The van der Waals surface area contributed by atoms with Gasteiger partial charge in [0.1, 0.15) is 11.6 Å². The van der Waals surface area contributed by atoms with Gasteiger partial charge < -0.3 is 9.30 Å². The van der Waals surface area contributed by atoms with Gasteiger partial charge in [0, 0.05) is 21.1 Å². The summed E-state index contributed by atoms with van der Waals surface area (Å²) in [5.74, 6) is 1.35. The van der Waals surface area contributed by atoms with Crippen molar-refractivity contribution in [2.24, 2.45) is 21.1 Å². The van der Waals surface area contributed by atoms with Crippen molar-refractivity contribution in [1.82, 2.24) is 18.7 Å². The molecule has 0 saturated carbocycles. The Labute approximate surface area is 138 Å². The number of benzene rings is 1. The molecule has 0 spiro atoms. The summed E-state index contributed by atoms with van der Waals surface area (Å²) in [4.78, 5) is 28.8. The van der Waals surface area contributed by atoms with Gasteiger partial charge in [-0.1, -0.05) is 18.2 Å². The highest BCUT2D eigenvalue weighted by atomic mass is 16.5. The Balaban J connectivity index is 2.14. The van der Waals surface area contributed by atoms with Crippen molar-refractivity contribution in [3.63, 3.8) is 0 Å². The largest absolute Gasteiger partial charge is 0.497 e. The highest BCUT2D eigenvalue weighted by molar-refractivity contribution is 5.76. The summed E-state index contributed by atoms with van der Waals surface area (Å²) in [6, 6.07) is 7.60. The molecule has 2 aromatic heterocycles. The molecule has 0 aliphatic rings. The van der Waals surface area contributed by atoms with Gasteiger partial charge in [0.2, 0.25) is 0 Å². The Morgan fingerprint density at radius 2 is 1.79 bits per heavy atom. The van der Waals surface area contributed by atoms with E-state index in [1.165, 1.54) is 11.6 Å². The Hall–Kier alpha value is -3.09. The van der Waals surface area contributed by atoms with Crippen LogP contribution in [0.15, 0.2) is 33.9 Å². The third-order valence-corrected chi connectivity index (χ3v) is 4.03. The van der Waals surface area contributed by atoms with Crippen LogP contribution < -0.4 is 16.0 Å². The maximum absolute atomic E-state index is 12.3. The van der Waals surface area contributed by atoms with Gasteiger partial charge in [-0.15, -0.1) is 0 Å². The molecule has 0 fully saturated rings. The van der Waals surface area contributed by atoms with E-state index in [0.717, 1.165) is 15.9 Å². The molecule has 0 saturated heterocycles. The highest BCUT2D eigenvalue weighted by Gasteiger charge is 2.15. The molecule has 0 aliphatic carbocycles. The Morgan fingerprint density at radius 3 is 2.50 bits per heavy atom. The van der Waals surface area contributed by atoms with Crippen molar-refractivity contribution >= 4 is 23.3 Å². The minimum Gasteiger partial charge on any atom is -0.497 e. The van der Waals surface area contributed by atoms with Crippen molar-refractivity contribution < 1.29 is 4.74 Å². The van der Waals surface area contributed by atoms with Gasteiger partial charge >= 0.3 is 5.69 Å². The summed E-state index contributed by atoms with van der Waals surface area (Å²) in [6.45, 7) is 0. The normalized spacial score (nSPS) is 11.5. The van der Waals surface area contributed by atoms with Crippen LogP contribution in [-0.2, 0) is 21.1 Å². The van der Waals surface area contributed by atoms with Crippen LogP contribution in [0.5, 0.6) is 5.75 Å². The molecular weight excluding hydrogens is 308 g/mol. The first-order valence-electron chi connectivity index (χ1n) is 7.38. The van der Waals surface area contributed by atoms with Crippen LogP contribution in [-0.4, -0.2) is 25.8 Å². The lowest BCUT2D eigenvalue weighted by Crippen LogP contribution is -2.37. The number of fused-ring (bicyclic) bond motifs is 1. The molecule has 0 aliphatic heterocycles. The number of ether oxygens (including phenoxy) is 1.